The van der Waals surface area contributed by atoms with Crippen LogP contribution < -0.4 is 10.1 Å². The molecule has 2 heterocycles. The van der Waals surface area contributed by atoms with Gasteiger partial charge in [0.1, 0.15) is 0 Å². The van der Waals surface area contributed by atoms with E-state index in [0.717, 1.165) is 30.7 Å². The SMILES string of the molecule is COc1cccc(CNCC2CCN(C3CC3)C2)n1. The van der Waals surface area contributed by atoms with E-state index in [4.69, 9.17) is 4.74 Å². The van der Waals surface area contributed by atoms with Crippen LogP contribution in [0.1, 0.15) is 25.0 Å². The third-order valence-electron chi connectivity index (χ3n) is 4.11. The van der Waals surface area contributed by atoms with Crippen molar-refractivity contribution >= 4 is 0 Å². The molecule has 104 valence electrons. The van der Waals surface area contributed by atoms with E-state index in [1.54, 1.807) is 7.11 Å². The van der Waals surface area contributed by atoms with Gasteiger partial charge < -0.3 is 15.0 Å². The molecule has 4 heteroatoms. The zero-order valence-corrected chi connectivity index (χ0v) is 11.6. The molecule has 19 heavy (non-hydrogen) atoms. The Morgan fingerprint density at radius 2 is 2.26 bits per heavy atom. The first-order valence-corrected chi connectivity index (χ1v) is 7.30. The molecule has 1 unspecified atom stereocenters. The molecule has 1 saturated heterocycles. The van der Waals surface area contributed by atoms with Gasteiger partial charge in [-0.05, 0) is 44.3 Å². The number of likely N-dealkylation sites (tertiary alicyclic amines) is 1. The van der Waals surface area contributed by atoms with Crippen molar-refractivity contribution in [2.45, 2.75) is 31.8 Å². The van der Waals surface area contributed by atoms with Crippen molar-refractivity contribution in [2.75, 3.05) is 26.7 Å². The Hall–Kier alpha value is -1.13. The summed E-state index contributed by atoms with van der Waals surface area (Å²) in [5.41, 5.74) is 1.05. The molecule has 0 spiro atoms. The molecular weight excluding hydrogens is 238 g/mol. The molecule has 1 aliphatic heterocycles. The molecule has 1 N–H and O–H groups in total. The average molecular weight is 261 g/mol. The number of nitrogens with one attached hydrogen (secondary N) is 1. The summed E-state index contributed by atoms with van der Waals surface area (Å²) in [4.78, 5) is 7.08. The standard InChI is InChI=1S/C15H23N3O/c1-19-15-4-2-3-13(17-15)10-16-9-12-7-8-18(11-12)14-5-6-14/h2-4,12,14,16H,5-11H2,1H3. The second-order valence-corrected chi connectivity index (χ2v) is 5.68. The Bertz CT molecular complexity index is 420. The molecule has 1 aromatic heterocycles. The van der Waals surface area contributed by atoms with Crippen LogP contribution in [0.2, 0.25) is 0 Å². The topological polar surface area (TPSA) is 37.4 Å². The van der Waals surface area contributed by atoms with E-state index >= 15 is 0 Å². The third kappa shape index (κ3) is 3.45. The van der Waals surface area contributed by atoms with Gasteiger partial charge in [-0.1, -0.05) is 6.07 Å². The molecule has 2 aliphatic rings. The van der Waals surface area contributed by atoms with Crippen molar-refractivity contribution in [3.05, 3.63) is 23.9 Å². The molecule has 4 nitrogen and oxygen atoms in total. The van der Waals surface area contributed by atoms with E-state index in [1.807, 2.05) is 18.2 Å². The van der Waals surface area contributed by atoms with Crippen molar-refractivity contribution in [1.82, 2.24) is 15.2 Å². The van der Waals surface area contributed by atoms with Crippen LogP contribution in [-0.4, -0.2) is 42.7 Å². The number of ether oxygens (including phenoxy) is 1. The minimum Gasteiger partial charge on any atom is -0.481 e. The van der Waals surface area contributed by atoms with Crippen LogP contribution >= 0.6 is 0 Å². The van der Waals surface area contributed by atoms with Gasteiger partial charge in [0, 0.05) is 25.2 Å². The largest absolute Gasteiger partial charge is 0.481 e. The summed E-state index contributed by atoms with van der Waals surface area (Å²) >= 11 is 0. The van der Waals surface area contributed by atoms with E-state index in [2.05, 4.69) is 15.2 Å². The van der Waals surface area contributed by atoms with Crippen LogP contribution in [0, 0.1) is 5.92 Å². The van der Waals surface area contributed by atoms with Gasteiger partial charge in [0.15, 0.2) is 0 Å². The van der Waals surface area contributed by atoms with Gasteiger partial charge in [0.05, 0.1) is 12.8 Å². The zero-order valence-electron chi connectivity index (χ0n) is 11.6. The fraction of sp³-hybridized carbons (Fsp3) is 0.667. The van der Waals surface area contributed by atoms with Gasteiger partial charge >= 0.3 is 0 Å². The van der Waals surface area contributed by atoms with Crippen LogP contribution in [0.3, 0.4) is 0 Å². The van der Waals surface area contributed by atoms with Crippen molar-refractivity contribution in [3.8, 4) is 5.88 Å². The number of rotatable bonds is 6. The predicted molar refractivity (Wildman–Crippen MR) is 75.2 cm³/mol. The monoisotopic (exact) mass is 261 g/mol. The highest BCUT2D eigenvalue weighted by Crippen LogP contribution is 2.31. The molecule has 0 amide bonds. The maximum Gasteiger partial charge on any atom is 0.213 e. The van der Waals surface area contributed by atoms with E-state index in [-0.39, 0.29) is 0 Å². The lowest BCUT2D eigenvalue weighted by Gasteiger charge is -2.15. The summed E-state index contributed by atoms with van der Waals surface area (Å²) in [6.45, 7) is 4.51. The number of hydrogen-bond acceptors (Lipinski definition) is 4. The summed E-state index contributed by atoms with van der Waals surface area (Å²) in [5, 5.41) is 3.53. The number of aromatic nitrogens is 1. The van der Waals surface area contributed by atoms with Crippen LogP contribution in [0.15, 0.2) is 18.2 Å². The summed E-state index contributed by atoms with van der Waals surface area (Å²) in [5.74, 6) is 1.51. The van der Waals surface area contributed by atoms with Gasteiger partial charge in [-0.25, -0.2) is 4.98 Å². The van der Waals surface area contributed by atoms with Crippen LogP contribution in [0.25, 0.3) is 0 Å². The Morgan fingerprint density at radius 3 is 3.05 bits per heavy atom. The fourth-order valence-electron chi connectivity index (χ4n) is 2.87. The molecule has 1 aliphatic carbocycles. The van der Waals surface area contributed by atoms with E-state index in [0.29, 0.717) is 5.88 Å². The normalized spacial score (nSPS) is 23.7. The highest BCUT2D eigenvalue weighted by atomic mass is 16.5. The smallest absolute Gasteiger partial charge is 0.213 e. The minimum atomic E-state index is 0.695. The van der Waals surface area contributed by atoms with Crippen molar-refractivity contribution < 1.29 is 4.74 Å². The summed E-state index contributed by atoms with van der Waals surface area (Å²) in [7, 11) is 1.66. The number of nitrogens with zero attached hydrogens (tertiary/aromatic N) is 2. The maximum atomic E-state index is 5.14. The molecule has 0 radical (unpaired) electrons. The molecule has 0 aromatic carbocycles. The van der Waals surface area contributed by atoms with Gasteiger partial charge in [-0.2, -0.15) is 0 Å². The lowest BCUT2D eigenvalue weighted by Crippen LogP contribution is -2.27. The molecule has 1 aromatic rings. The maximum absolute atomic E-state index is 5.14. The molecular formula is C15H23N3O. The quantitative estimate of drug-likeness (QED) is 0.845. The fourth-order valence-corrected chi connectivity index (χ4v) is 2.87. The number of methoxy groups -OCH3 is 1. The third-order valence-corrected chi connectivity index (χ3v) is 4.11. The Balaban J connectivity index is 1.40. The van der Waals surface area contributed by atoms with Gasteiger partial charge in [0.25, 0.3) is 0 Å². The lowest BCUT2D eigenvalue weighted by molar-refractivity contribution is 0.311. The Kier molecular flexibility index (Phi) is 3.99. The second-order valence-electron chi connectivity index (χ2n) is 5.68. The molecule has 0 bridgehead atoms. The highest BCUT2D eigenvalue weighted by molar-refractivity contribution is 5.15. The van der Waals surface area contributed by atoms with Crippen molar-refractivity contribution in [1.29, 1.82) is 0 Å². The van der Waals surface area contributed by atoms with Gasteiger partial charge in [-0.15, -0.1) is 0 Å². The molecule has 1 saturated carbocycles. The zero-order chi connectivity index (χ0) is 13.1. The average Bonchev–Trinajstić information content (AvgIpc) is 3.19. The highest BCUT2D eigenvalue weighted by Gasteiger charge is 2.33. The summed E-state index contributed by atoms with van der Waals surface area (Å²) in [6, 6.07) is 6.84. The van der Waals surface area contributed by atoms with Crippen LogP contribution in [-0.2, 0) is 6.54 Å². The van der Waals surface area contributed by atoms with E-state index in [1.165, 1.54) is 32.4 Å². The molecule has 3 rings (SSSR count). The Morgan fingerprint density at radius 1 is 1.37 bits per heavy atom. The van der Waals surface area contributed by atoms with E-state index in [9.17, 15) is 0 Å². The van der Waals surface area contributed by atoms with Crippen molar-refractivity contribution in [3.63, 3.8) is 0 Å². The lowest BCUT2D eigenvalue weighted by atomic mass is 10.1. The van der Waals surface area contributed by atoms with E-state index < -0.39 is 0 Å². The Labute approximate surface area is 115 Å². The molecule has 1 atom stereocenters. The van der Waals surface area contributed by atoms with Gasteiger partial charge in [0.2, 0.25) is 5.88 Å². The first-order valence-electron chi connectivity index (χ1n) is 7.30. The van der Waals surface area contributed by atoms with Crippen LogP contribution in [0.5, 0.6) is 5.88 Å². The van der Waals surface area contributed by atoms with Crippen LogP contribution in [0.4, 0.5) is 0 Å². The summed E-state index contributed by atoms with van der Waals surface area (Å²) in [6.07, 6.45) is 4.19. The number of hydrogen-bond donors (Lipinski definition) is 1. The second kappa shape index (κ2) is 5.88. The predicted octanol–water partition coefficient (Wildman–Crippen LogP) is 1.66. The first kappa shape index (κ1) is 12.9. The minimum absolute atomic E-state index is 0.695. The summed E-state index contributed by atoms with van der Waals surface area (Å²) < 4.78 is 5.14. The van der Waals surface area contributed by atoms with Crippen molar-refractivity contribution in [2.24, 2.45) is 5.92 Å². The molecule has 2 fully saturated rings. The first-order chi connectivity index (χ1) is 9.35. The number of pyridine rings is 1. The van der Waals surface area contributed by atoms with Gasteiger partial charge in [-0.3, -0.25) is 0 Å².